The molecule has 116 valence electrons. The summed E-state index contributed by atoms with van der Waals surface area (Å²) in [4.78, 5) is 23.1. The lowest BCUT2D eigenvalue weighted by atomic mass is 9.65. The van der Waals surface area contributed by atoms with Crippen molar-refractivity contribution >= 4 is 24.3 Å². The molecule has 2 aliphatic carbocycles. The molecule has 3 N–H and O–H groups in total. The number of amides is 1. The third-order valence-electron chi connectivity index (χ3n) is 4.64. The van der Waals surface area contributed by atoms with Crippen LogP contribution in [0, 0.1) is 17.8 Å². The SMILES string of the molecule is COC(=O)CCNC(=O)C1CC2CCCC(C1)C2N.Cl. The summed E-state index contributed by atoms with van der Waals surface area (Å²) in [5, 5.41) is 2.84. The van der Waals surface area contributed by atoms with Crippen molar-refractivity contribution in [3.63, 3.8) is 0 Å². The van der Waals surface area contributed by atoms with E-state index in [4.69, 9.17) is 5.73 Å². The van der Waals surface area contributed by atoms with Crippen molar-refractivity contribution in [1.82, 2.24) is 5.32 Å². The van der Waals surface area contributed by atoms with Crippen molar-refractivity contribution < 1.29 is 14.3 Å². The standard InChI is InChI=1S/C14H24N2O3.ClH/c1-19-12(17)5-6-16-14(18)11-7-9-3-2-4-10(8-11)13(9)15;/h9-11,13H,2-8,15H2,1H3,(H,16,18);1H. The lowest BCUT2D eigenvalue weighted by Crippen LogP contribution is -2.49. The van der Waals surface area contributed by atoms with Gasteiger partial charge >= 0.3 is 5.97 Å². The molecule has 0 aliphatic heterocycles. The zero-order chi connectivity index (χ0) is 13.8. The summed E-state index contributed by atoms with van der Waals surface area (Å²) in [5.74, 6) is 0.871. The molecule has 2 unspecified atom stereocenters. The first kappa shape index (κ1) is 17.2. The summed E-state index contributed by atoms with van der Waals surface area (Å²) in [7, 11) is 1.36. The molecule has 0 radical (unpaired) electrons. The highest BCUT2D eigenvalue weighted by molar-refractivity contribution is 5.85. The molecule has 2 aliphatic rings. The third kappa shape index (κ3) is 4.09. The fourth-order valence-electron chi connectivity index (χ4n) is 3.54. The van der Waals surface area contributed by atoms with E-state index in [9.17, 15) is 9.59 Å². The molecular formula is C14H25ClN2O3. The number of hydrogen-bond acceptors (Lipinski definition) is 4. The van der Waals surface area contributed by atoms with Crippen LogP contribution in [0.2, 0.25) is 0 Å². The van der Waals surface area contributed by atoms with Gasteiger partial charge in [0.15, 0.2) is 0 Å². The zero-order valence-electron chi connectivity index (χ0n) is 12.0. The molecular weight excluding hydrogens is 280 g/mol. The highest BCUT2D eigenvalue weighted by Gasteiger charge is 2.40. The van der Waals surface area contributed by atoms with E-state index in [-0.39, 0.29) is 42.7 Å². The summed E-state index contributed by atoms with van der Waals surface area (Å²) in [5.41, 5.74) is 6.21. The van der Waals surface area contributed by atoms with Crippen LogP contribution in [-0.4, -0.2) is 31.6 Å². The van der Waals surface area contributed by atoms with E-state index in [2.05, 4.69) is 10.1 Å². The number of nitrogens with two attached hydrogens (primary N) is 1. The van der Waals surface area contributed by atoms with Gasteiger partial charge in [-0.05, 0) is 37.5 Å². The first-order valence-corrected chi connectivity index (χ1v) is 7.22. The van der Waals surface area contributed by atoms with Crippen LogP contribution in [0.15, 0.2) is 0 Å². The molecule has 2 fully saturated rings. The number of carbonyl (C=O) groups excluding carboxylic acids is 2. The van der Waals surface area contributed by atoms with Crippen molar-refractivity contribution in [3.05, 3.63) is 0 Å². The minimum Gasteiger partial charge on any atom is -0.469 e. The number of ether oxygens (including phenoxy) is 1. The van der Waals surface area contributed by atoms with Crippen molar-refractivity contribution in [3.8, 4) is 0 Å². The highest BCUT2D eigenvalue weighted by atomic mass is 35.5. The Kier molecular flexibility index (Phi) is 6.76. The Morgan fingerprint density at radius 2 is 1.85 bits per heavy atom. The van der Waals surface area contributed by atoms with Gasteiger partial charge in [0, 0.05) is 18.5 Å². The smallest absolute Gasteiger partial charge is 0.307 e. The number of fused-ring (bicyclic) bond motifs is 2. The number of esters is 1. The Morgan fingerprint density at radius 1 is 1.25 bits per heavy atom. The van der Waals surface area contributed by atoms with E-state index in [1.54, 1.807) is 0 Å². The minimum absolute atomic E-state index is 0. The van der Waals surface area contributed by atoms with Crippen molar-refractivity contribution in [1.29, 1.82) is 0 Å². The van der Waals surface area contributed by atoms with Gasteiger partial charge in [-0.2, -0.15) is 0 Å². The number of carbonyl (C=O) groups is 2. The molecule has 0 aromatic carbocycles. The normalized spacial score (nSPS) is 31.9. The second-order valence-corrected chi connectivity index (χ2v) is 5.81. The van der Waals surface area contributed by atoms with Crippen LogP contribution in [0.25, 0.3) is 0 Å². The first-order chi connectivity index (χ1) is 9.11. The molecule has 1 amide bonds. The van der Waals surface area contributed by atoms with Gasteiger partial charge in [0.25, 0.3) is 0 Å². The van der Waals surface area contributed by atoms with E-state index >= 15 is 0 Å². The van der Waals surface area contributed by atoms with Crippen LogP contribution in [0.1, 0.15) is 38.5 Å². The number of rotatable bonds is 4. The van der Waals surface area contributed by atoms with Crippen LogP contribution in [0.4, 0.5) is 0 Å². The second kappa shape index (κ2) is 7.84. The summed E-state index contributed by atoms with van der Waals surface area (Å²) in [6.07, 6.45) is 5.61. The molecule has 2 atom stereocenters. The number of nitrogens with one attached hydrogen (secondary N) is 1. The summed E-state index contributed by atoms with van der Waals surface area (Å²) >= 11 is 0. The largest absolute Gasteiger partial charge is 0.469 e. The van der Waals surface area contributed by atoms with Crippen molar-refractivity contribution in [2.75, 3.05) is 13.7 Å². The summed E-state index contributed by atoms with van der Waals surface area (Å²) in [6, 6.07) is 0.285. The fourth-order valence-corrected chi connectivity index (χ4v) is 3.54. The first-order valence-electron chi connectivity index (χ1n) is 7.22. The Balaban J connectivity index is 0.00000200. The molecule has 2 bridgehead atoms. The topological polar surface area (TPSA) is 81.4 Å². The van der Waals surface area contributed by atoms with E-state index < -0.39 is 0 Å². The Bertz CT molecular complexity index is 337. The molecule has 2 saturated carbocycles. The molecule has 0 aromatic heterocycles. The van der Waals surface area contributed by atoms with Gasteiger partial charge in [-0.25, -0.2) is 0 Å². The second-order valence-electron chi connectivity index (χ2n) is 5.81. The van der Waals surface area contributed by atoms with Gasteiger partial charge in [-0.1, -0.05) is 6.42 Å². The molecule has 5 nitrogen and oxygen atoms in total. The third-order valence-corrected chi connectivity index (χ3v) is 4.64. The molecule has 6 heteroatoms. The van der Waals surface area contributed by atoms with Crippen molar-refractivity contribution in [2.45, 2.75) is 44.6 Å². The quantitative estimate of drug-likeness (QED) is 0.766. The van der Waals surface area contributed by atoms with E-state index in [0.717, 1.165) is 25.7 Å². The lowest BCUT2D eigenvalue weighted by molar-refractivity contribution is -0.140. The lowest BCUT2D eigenvalue weighted by Gasteiger charge is -2.43. The molecule has 2 rings (SSSR count). The maximum atomic E-state index is 12.1. The molecule has 20 heavy (non-hydrogen) atoms. The van der Waals surface area contributed by atoms with Gasteiger partial charge in [0.1, 0.15) is 0 Å². The predicted octanol–water partition coefficient (Wildman–Crippen LogP) is 1.24. The predicted molar refractivity (Wildman–Crippen MR) is 78.4 cm³/mol. The number of methoxy groups -OCH3 is 1. The number of halogens is 1. The van der Waals surface area contributed by atoms with Crippen LogP contribution in [0.3, 0.4) is 0 Å². The highest BCUT2D eigenvalue weighted by Crippen LogP contribution is 2.41. The minimum atomic E-state index is -0.289. The van der Waals surface area contributed by atoms with E-state index in [1.807, 2.05) is 0 Å². The van der Waals surface area contributed by atoms with Crippen LogP contribution < -0.4 is 11.1 Å². The van der Waals surface area contributed by atoms with Gasteiger partial charge < -0.3 is 15.8 Å². The van der Waals surface area contributed by atoms with Gasteiger partial charge in [0.2, 0.25) is 5.91 Å². The maximum Gasteiger partial charge on any atom is 0.307 e. The average Bonchev–Trinajstić information content (AvgIpc) is 2.37. The van der Waals surface area contributed by atoms with E-state index in [1.165, 1.54) is 13.5 Å². The van der Waals surface area contributed by atoms with Gasteiger partial charge in [-0.3, -0.25) is 9.59 Å². The van der Waals surface area contributed by atoms with Gasteiger partial charge in [0.05, 0.1) is 13.5 Å². The molecule has 0 spiro atoms. The monoisotopic (exact) mass is 304 g/mol. The molecule has 0 aromatic rings. The molecule has 0 saturated heterocycles. The number of hydrogen-bond donors (Lipinski definition) is 2. The Hall–Kier alpha value is -0.810. The zero-order valence-corrected chi connectivity index (χ0v) is 12.8. The Morgan fingerprint density at radius 3 is 2.40 bits per heavy atom. The van der Waals surface area contributed by atoms with Gasteiger partial charge in [-0.15, -0.1) is 12.4 Å². The fraction of sp³-hybridized carbons (Fsp3) is 0.857. The van der Waals surface area contributed by atoms with Crippen LogP contribution >= 0.6 is 12.4 Å². The maximum absolute atomic E-state index is 12.1. The summed E-state index contributed by atoms with van der Waals surface area (Å²) < 4.78 is 4.55. The van der Waals surface area contributed by atoms with Crippen LogP contribution in [0.5, 0.6) is 0 Å². The van der Waals surface area contributed by atoms with Crippen LogP contribution in [-0.2, 0) is 14.3 Å². The van der Waals surface area contributed by atoms with E-state index in [0.29, 0.717) is 18.4 Å². The molecule has 0 heterocycles. The summed E-state index contributed by atoms with van der Waals surface area (Å²) in [6.45, 7) is 0.364. The Labute approximate surface area is 126 Å². The average molecular weight is 305 g/mol. The van der Waals surface area contributed by atoms with Crippen molar-refractivity contribution in [2.24, 2.45) is 23.5 Å².